The fourth-order valence-corrected chi connectivity index (χ4v) is 1.68. The lowest BCUT2D eigenvalue weighted by molar-refractivity contribution is 0.309. The molecule has 0 bridgehead atoms. The molecule has 0 spiro atoms. The highest BCUT2D eigenvalue weighted by Gasteiger charge is 2.02. The maximum atomic E-state index is 5.69. The van der Waals surface area contributed by atoms with Crippen LogP contribution in [0.3, 0.4) is 0 Å². The zero-order chi connectivity index (χ0) is 13.4. The third-order valence-electron chi connectivity index (χ3n) is 2.11. The lowest BCUT2D eigenvalue weighted by Gasteiger charge is -2.08. The van der Waals surface area contributed by atoms with E-state index in [0.717, 1.165) is 28.6 Å². The van der Waals surface area contributed by atoms with Crippen molar-refractivity contribution in [2.45, 2.75) is 19.8 Å². The van der Waals surface area contributed by atoms with Crippen LogP contribution in [-0.2, 0) is 0 Å². The number of hydrogen-bond acceptors (Lipinski definition) is 3. The number of hydrogen-bond donors (Lipinski definition) is 2. The van der Waals surface area contributed by atoms with Crippen LogP contribution < -0.4 is 15.9 Å². The Labute approximate surface area is 121 Å². The second kappa shape index (κ2) is 8.05. The van der Waals surface area contributed by atoms with Crippen LogP contribution in [0.4, 0.5) is 0 Å². The van der Waals surface area contributed by atoms with Gasteiger partial charge in [-0.25, -0.2) is 0 Å². The first-order valence-corrected chi connectivity index (χ1v) is 6.84. The molecule has 0 radical (unpaired) electrons. The first kappa shape index (κ1) is 14.9. The molecule has 1 aromatic rings. The third kappa shape index (κ3) is 5.46. The summed E-state index contributed by atoms with van der Waals surface area (Å²) < 4.78 is 6.65. The van der Waals surface area contributed by atoms with Gasteiger partial charge in [0.1, 0.15) is 5.75 Å². The van der Waals surface area contributed by atoms with E-state index in [1.165, 1.54) is 0 Å². The molecule has 0 saturated heterocycles. The van der Waals surface area contributed by atoms with Crippen molar-refractivity contribution in [2.75, 3.05) is 6.61 Å². The van der Waals surface area contributed by atoms with Gasteiger partial charge in [-0.2, -0.15) is 5.10 Å². The van der Waals surface area contributed by atoms with Crippen molar-refractivity contribution in [3.05, 3.63) is 28.2 Å². The second-order valence-electron chi connectivity index (χ2n) is 3.62. The van der Waals surface area contributed by atoms with Crippen LogP contribution in [0.1, 0.15) is 25.3 Å². The molecule has 0 unspecified atom stereocenters. The fraction of sp³-hybridized carbons (Fsp3) is 0.333. The lowest BCUT2D eigenvalue weighted by atomic mass is 10.2. The molecule has 0 heterocycles. The summed E-state index contributed by atoms with van der Waals surface area (Å²) in [5.74, 6) is 0.792. The fourth-order valence-electron chi connectivity index (χ4n) is 1.24. The Morgan fingerprint density at radius 1 is 1.61 bits per heavy atom. The van der Waals surface area contributed by atoms with Crippen molar-refractivity contribution >= 4 is 39.5 Å². The molecule has 1 rings (SSSR count). The van der Waals surface area contributed by atoms with Crippen molar-refractivity contribution in [1.29, 1.82) is 0 Å². The van der Waals surface area contributed by atoms with Crippen molar-refractivity contribution in [2.24, 2.45) is 10.8 Å². The van der Waals surface area contributed by atoms with Crippen LogP contribution in [0, 0.1) is 0 Å². The monoisotopic (exact) mass is 329 g/mol. The Hall–Kier alpha value is -1.14. The number of nitrogens with zero attached hydrogens (tertiary/aromatic N) is 1. The number of hydrazone groups is 1. The van der Waals surface area contributed by atoms with Gasteiger partial charge in [-0.15, -0.1) is 0 Å². The maximum absolute atomic E-state index is 5.69. The lowest BCUT2D eigenvalue weighted by Crippen LogP contribution is -2.24. The van der Waals surface area contributed by atoms with E-state index in [2.05, 4.69) is 45.6 Å². The molecule has 0 aliphatic rings. The molecule has 18 heavy (non-hydrogen) atoms. The summed E-state index contributed by atoms with van der Waals surface area (Å²) in [6, 6.07) is 5.76. The molecular weight excluding hydrogens is 314 g/mol. The zero-order valence-corrected chi connectivity index (χ0v) is 12.6. The Bertz CT molecular complexity index is 437. The molecule has 4 nitrogen and oxygen atoms in total. The molecule has 0 aliphatic carbocycles. The van der Waals surface area contributed by atoms with Gasteiger partial charge in [-0.05, 0) is 36.8 Å². The van der Waals surface area contributed by atoms with Gasteiger partial charge in [0.05, 0.1) is 12.8 Å². The molecule has 1 aromatic carbocycles. The van der Waals surface area contributed by atoms with Gasteiger partial charge in [0.2, 0.25) is 0 Å². The van der Waals surface area contributed by atoms with Crippen LogP contribution in [0.15, 0.2) is 27.8 Å². The Kier molecular flexibility index (Phi) is 6.67. The van der Waals surface area contributed by atoms with E-state index in [-0.39, 0.29) is 5.11 Å². The van der Waals surface area contributed by atoms with Gasteiger partial charge in [0, 0.05) is 10.0 Å². The number of unbranched alkanes of at least 4 members (excludes halogenated alkanes) is 1. The van der Waals surface area contributed by atoms with Gasteiger partial charge in [0.25, 0.3) is 0 Å². The number of nitrogens with one attached hydrogen (secondary N) is 1. The minimum absolute atomic E-state index is 0.134. The largest absolute Gasteiger partial charge is 0.493 e. The summed E-state index contributed by atoms with van der Waals surface area (Å²) in [5.41, 5.74) is 8.67. The number of nitrogens with two attached hydrogens (primary N) is 1. The minimum Gasteiger partial charge on any atom is -0.493 e. The summed E-state index contributed by atoms with van der Waals surface area (Å²) >= 11 is 8.08. The Morgan fingerprint density at radius 2 is 2.39 bits per heavy atom. The average molecular weight is 330 g/mol. The van der Waals surface area contributed by atoms with Gasteiger partial charge in [-0.1, -0.05) is 29.3 Å². The van der Waals surface area contributed by atoms with E-state index in [0.29, 0.717) is 6.61 Å². The van der Waals surface area contributed by atoms with E-state index in [9.17, 15) is 0 Å². The third-order valence-corrected chi connectivity index (χ3v) is 2.69. The first-order valence-electron chi connectivity index (χ1n) is 5.64. The van der Waals surface area contributed by atoms with Gasteiger partial charge >= 0.3 is 0 Å². The molecule has 0 fully saturated rings. The van der Waals surface area contributed by atoms with Crippen LogP contribution in [-0.4, -0.2) is 17.9 Å². The standard InChI is InChI=1S/C12H16BrN3OS/c1-2-3-6-17-11-5-4-10(13)7-9(11)8-15-16-12(14)18/h4-5,7-8H,2-3,6H2,1H3,(H3,14,16,18). The molecule has 0 amide bonds. The summed E-state index contributed by atoms with van der Waals surface area (Å²) in [7, 11) is 0. The topological polar surface area (TPSA) is 59.6 Å². The SMILES string of the molecule is CCCCOc1ccc(Br)cc1C=NNC(N)=S. The van der Waals surface area contributed by atoms with Crippen LogP contribution in [0.2, 0.25) is 0 Å². The number of rotatable bonds is 6. The van der Waals surface area contributed by atoms with Gasteiger partial charge < -0.3 is 10.5 Å². The summed E-state index contributed by atoms with van der Waals surface area (Å²) in [4.78, 5) is 0. The van der Waals surface area contributed by atoms with Crippen LogP contribution in [0.5, 0.6) is 5.75 Å². The van der Waals surface area contributed by atoms with Crippen LogP contribution >= 0.6 is 28.1 Å². The molecule has 6 heteroatoms. The molecule has 3 N–H and O–H groups in total. The second-order valence-corrected chi connectivity index (χ2v) is 4.97. The zero-order valence-electron chi connectivity index (χ0n) is 10.1. The Morgan fingerprint density at radius 3 is 3.06 bits per heavy atom. The highest BCUT2D eigenvalue weighted by molar-refractivity contribution is 9.10. The number of halogens is 1. The molecule has 0 atom stereocenters. The normalized spacial score (nSPS) is 10.6. The number of thiocarbonyl (C=S) groups is 1. The Balaban J connectivity index is 2.76. The van der Waals surface area contributed by atoms with Crippen molar-refractivity contribution in [3.63, 3.8) is 0 Å². The summed E-state index contributed by atoms with van der Waals surface area (Å²) in [6.07, 6.45) is 3.76. The van der Waals surface area contributed by atoms with E-state index < -0.39 is 0 Å². The number of benzene rings is 1. The smallest absolute Gasteiger partial charge is 0.184 e. The first-order chi connectivity index (χ1) is 8.63. The average Bonchev–Trinajstić information content (AvgIpc) is 2.31. The maximum Gasteiger partial charge on any atom is 0.184 e. The van der Waals surface area contributed by atoms with Crippen LogP contribution in [0.25, 0.3) is 0 Å². The van der Waals surface area contributed by atoms with Crippen molar-refractivity contribution < 1.29 is 4.74 Å². The van der Waals surface area contributed by atoms with E-state index in [1.807, 2.05) is 18.2 Å². The molecular formula is C12H16BrN3OS. The molecule has 0 saturated carbocycles. The molecule has 98 valence electrons. The molecule has 0 aromatic heterocycles. The summed E-state index contributed by atoms with van der Waals surface area (Å²) in [6.45, 7) is 2.82. The quantitative estimate of drug-likeness (QED) is 0.364. The highest BCUT2D eigenvalue weighted by atomic mass is 79.9. The van der Waals surface area contributed by atoms with Crippen molar-refractivity contribution in [1.82, 2.24) is 5.43 Å². The van der Waals surface area contributed by atoms with Crippen molar-refractivity contribution in [3.8, 4) is 5.75 Å². The predicted octanol–water partition coefficient (Wildman–Crippen LogP) is 2.80. The molecule has 0 aliphatic heterocycles. The highest BCUT2D eigenvalue weighted by Crippen LogP contribution is 2.22. The van der Waals surface area contributed by atoms with Gasteiger partial charge in [-0.3, -0.25) is 5.43 Å². The predicted molar refractivity (Wildman–Crippen MR) is 82.1 cm³/mol. The van der Waals surface area contributed by atoms with E-state index >= 15 is 0 Å². The summed E-state index contributed by atoms with van der Waals surface area (Å²) in [5, 5.41) is 4.06. The van der Waals surface area contributed by atoms with E-state index in [4.69, 9.17) is 10.5 Å². The van der Waals surface area contributed by atoms with E-state index in [1.54, 1.807) is 6.21 Å². The number of ether oxygens (including phenoxy) is 1. The van der Waals surface area contributed by atoms with Gasteiger partial charge in [0.15, 0.2) is 5.11 Å². The minimum atomic E-state index is 0.134.